The summed E-state index contributed by atoms with van der Waals surface area (Å²) in [7, 11) is 1.48. The highest BCUT2D eigenvalue weighted by molar-refractivity contribution is 5.92. The minimum absolute atomic E-state index is 0.0922. The Labute approximate surface area is 172 Å². The maximum atomic E-state index is 12.3. The van der Waals surface area contributed by atoms with E-state index < -0.39 is 5.97 Å². The molecule has 0 N–H and O–H groups in total. The van der Waals surface area contributed by atoms with Crippen molar-refractivity contribution in [2.75, 3.05) is 7.11 Å². The Hall–Kier alpha value is -3.51. The van der Waals surface area contributed by atoms with E-state index in [-0.39, 0.29) is 11.2 Å². The number of ether oxygens (including phenoxy) is 2. The van der Waals surface area contributed by atoms with Crippen molar-refractivity contribution in [3.05, 3.63) is 89.7 Å². The fourth-order valence-electron chi connectivity index (χ4n) is 2.86. The van der Waals surface area contributed by atoms with Gasteiger partial charge < -0.3 is 9.47 Å². The molecule has 0 saturated heterocycles. The first-order chi connectivity index (χ1) is 13.9. The lowest BCUT2D eigenvalue weighted by Gasteiger charge is -2.18. The monoisotopic (exact) mass is 384 g/mol. The van der Waals surface area contributed by atoms with Crippen LogP contribution in [0.2, 0.25) is 0 Å². The van der Waals surface area contributed by atoms with Gasteiger partial charge >= 0.3 is 5.97 Å². The van der Waals surface area contributed by atoms with Crippen molar-refractivity contribution in [1.82, 2.24) is 0 Å². The van der Waals surface area contributed by atoms with E-state index in [9.17, 15) is 4.79 Å². The van der Waals surface area contributed by atoms with Crippen LogP contribution in [-0.4, -0.2) is 13.1 Å². The summed E-state index contributed by atoms with van der Waals surface area (Å²) in [5.74, 6) is 6.13. The molecule has 0 saturated carbocycles. The summed E-state index contributed by atoms with van der Waals surface area (Å²) in [6.07, 6.45) is 1.26. The Morgan fingerprint density at radius 1 is 0.931 bits per heavy atom. The molecule has 0 radical (unpaired) electrons. The van der Waals surface area contributed by atoms with E-state index in [4.69, 9.17) is 9.47 Å². The first kappa shape index (κ1) is 20.2. The molecular formula is C26H24O3. The van der Waals surface area contributed by atoms with Gasteiger partial charge in [-0.25, -0.2) is 4.79 Å². The zero-order valence-corrected chi connectivity index (χ0v) is 17.2. The molecule has 3 heteroatoms. The molecule has 3 aromatic carbocycles. The van der Waals surface area contributed by atoms with Gasteiger partial charge in [-0.3, -0.25) is 0 Å². The fourth-order valence-corrected chi connectivity index (χ4v) is 2.86. The molecule has 29 heavy (non-hydrogen) atoms. The topological polar surface area (TPSA) is 35.5 Å². The summed E-state index contributed by atoms with van der Waals surface area (Å²) >= 11 is 0. The number of hydrogen-bond donors (Lipinski definition) is 0. The zero-order chi connectivity index (χ0) is 20.9. The molecule has 3 rings (SSSR count). The number of methoxy groups -OCH3 is 1. The molecule has 0 aliphatic carbocycles. The molecule has 0 aromatic heterocycles. The molecule has 0 aliphatic heterocycles. The van der Waals surface area contributed by atoms with Gasteiger partial charge in [0.1, 0.15) is 5.75 Å². The SMILES string of the molecule is CO/C(C#Cc1ccc(C(C)(C)C)cc1)=C\C(=O)Oc1cccc2ccccc12. The van der Waals surface area contributed by atoms with Crippen LogP contribution in [0, 0.1) is 11.8 Å². The largest absolute Gasteiger partial charge is 0.488 e. The number of allylic oxidation sites excluding steroid dienone is 1. The lowest BCUT2D eigenvalue weighted by molar-refractivity contribution is -0.129. The van der Waals surface area contributed by atoms with Crippen molar-refractivity contribution < 1.29 is 14.3 Å². The van der Waals surface area contributed by atoms with E-state index in [1.165, 1.54) is 18.7 Å². The van der Waals surface area contributed by atoms with E-state index >= 15 is 0 Å². The lowest BCUT2D eigenvalue weighted by Crippen LogP contribution is -2.10. The second-order valence-corrected chi connectivity index (χ2v) is 7.69. The Balaban J connectivity index is 1.76. The Morgan fingerprint density at radius 3 is 2.31 bits per heavy atom. The van der Waals surface area contributed by atoms with Crippen LogP contribution in [0.15, 0.2) is 78.6 Å². The minimum Gasteiger partial charge on any atom is -0.488 e. The minimum atomic E-state index is -0.532. The average Bonchev–Trinajstić information content (AvgIpc) is 2.71. The highest BCUT2D eigenvalue weighted by Gasteiger charge is 2.12. The zero-order valence-electron chi connectivity index (χ0n) is 17.2. The maximum absolute atomic E-state index is 12.3. The van der Waals surface area contributed by atoms with Gasteiger partial charge in [0.25, 0.3) is 0 Å². The third-order valence-corrected chi connectivity index (χ3v) is 4.51. The van der Waals surface area contributed by atoms with Crippen molar-refractivity contribution >= 4 is 16.7 Å². The van der Waals surface area contributed by atoms with Crippen molar-refractivity contribution in [2.45, 2.75) is 26.2 Å². The Morgan fingerprint density at radius 2 is 1.62 bits per heavy atom. The molecule has 3 aromatic rings. The molecular weight excluding hydrogens is 360 g/mol. The second-order valence-electron chi connectivity index (χ2n) is 7.69. The molecule has 0 amide bonds. The van der Waals surface area contributed by atoms with Gasteiger partial charge in [-0.2, -0.15) is 0 Å². The van der Waals surface area contributed by atoms with Crippen molar-refractivity contribution in [1.29, 1.82) is 0 Å². The predicted octanol–water partition coefficient (Wildman–Crippen LogP) is 5.62. The first-order valence-electron chi connectivity index (χ1n) is 9.44. The number of fused-ring (bicyclic) bond motifs is 1. The summed E-state index contributed by atoms with van der Waals surface area (Å²) in [6, 6.07) is 21.4. The highest BCUT2D eigenvalue weighted by atomic mass is 16.5. The van der Waals surface area contributed by atoms with Gasteiger partial charge in [0.2, 0.25) is 0 Å². The summed E-state index contributed by atoms with van der Waals surface area (Å²) < 4.78 is 10.7. The quantitative estimate of drug-likeness (QED) is 0.193. The van der Waals surface area contributed by atoms with Crippen LogP contribution in [0.3, 0.4) is 0 Å². The van der Waals surface area contributed by atoms with Crippen LogP contribution >= 0.6 is 0 Å². The lowest BCUT2D eigenvalue weighted by atomic mass is 9.87. The highest BCUT2D eigenvalue weighted by Crippen LogP contribution is 2.25. The number of carbonyl (C=O) groups excluding carboxylic acids is 1. The van der Waals surface area contributed by atoms with E-state index in [0.717, 1.165) is 16.3 Å². The summed E-state index contributed by atoms with van der Waals surface area (Å²) in [6.45, 7) is 6.50. The molecule has 0 bridgehead atoms. The number of carbonyl (C=O) groups is 1. The molecule has 0 fully saturated rings. The average molecular weight is 384 g/mol. The number of rotatable bonds is 3. The molecule has 146 valence electrons. The molecule has 0 heterocycles. The van der Waals surface area contributed by atoms with Gasteiger partial charge in [-0.1, -0.05) is 75.2 Å². The molecule has 3 nitrogen and oxygen atoms in total. The van der Waals surface area contributed by atoms with Gasteiger partial charge in [0.05, 0.1) is 13.2 Å². The first-order valence-corrected chi connectivity index (χ1v) is 9.44. The second kappa shape index (κ2) is 8.67. The van der Waals surface area contributed by atoms with Crippen LogP contribution < -0.4 is 4.74 Å². The fraction of sp³-hybridized carbons (Fsp3) is 0.192. The van der Waals surface area contributed by atoms with Crippen molar-refractivity contribution in [3.8, 4) is 17.6 Å². The van der Waals surface area contributed by atoms with Crippen molar-refractivity contribution in [2.24, 2.45) is 0 Å². The summed E-state index contributed by atoms with van der Waals surface area (Å²) in [5.41, 5.74) is 2.18. The molecule has 0 aliphatic rings. The van der Waals surface area contributed by atoms with Crippen LogP contribution in [0.25, 0.3) is 10.8 Å². The third-order valence-electron chi connectivity index (χ3n) is 4.51. The smallest absolute Gasteiger partial charge is 0.340 e. The molecule has 0 atom stereocenters. The van der Waals surface area contributed by atoms with E-state index in [2.05, 4.69) is 44.7 Å². The van der Waals surface area contributed by atoms with Crippen LogP contribution in [0.4, 0.5) is 0 Å². The third kappa shape index (κ3) is 5.27. The van der Waals surface area contributed by atoms with Gasteiger partial charge in [-0.05, 0) is 40.5 Å². The van der Waals surface area contributed by atoms with Gasteiger partial charge in [0.15, 0.2) is 5.76 Å². The molecule has 0 unspecified atom stereocenters. The van der Waals surface area contributed by atoms with Crippen LogP contribution in [-0.2, 0) is 14.9 Å². The normalized spacial score (nSPS) is 11.5. The number of esters is 1. The van der Waals surface area contributed by atoms with Crippen molar-refractivity contribution in [3.63, 3.8) is 0 Å². The van der Waals surface area contributed by atoms with E-state index in [1.807, 2.05) is 48.5 Å². The summed E-state index contributed by atoms with van der Waals surface area (Å²) in [4.78, 5) is 12.3. The standard InChI is InChI=1S/C26H24O3/c1-26(2,3)21-15-12-19(13-16-21)14-17-22(28-4)18-25(27)29-24-11-7-9-20-8-5-6-10-23(20)24/h5-13,15-16,18H,1-4H3/b22-18-. The Kier molecular flexibility index (Phi) is 6.04. The summed E-state index contributed by atoms with van der Waals surface area (Å²) in [5, 5.41) is 1.88. The van der Waals surface area contributed by atoms with Gasteiger partial charge in [0, 0.05) is 10.9 Å². The molecule has 0 spiro atoms. The van der Waals surface area contributed by atoms with Crippen LogP contribution in [0.5, 0.6) is 5.75 Å². The predicted molar refractivity (Wildman–Crippen MR) is 117 cm³/mol. The van der Waals surface area contributed by atoms with E-state index in [0.29, 0.717) is 5.75 Å². The number of hydrogen-bond acceptors (Lipinski definition) is 3. The van der Waals surface area contributed by atoms with E-state index in [1.54, 1.807) is 6.07 Å². The number of benzene rings is 3. The van der Waals surface area contributed by atoms with Crippen LogP contribution in [0.1, 0.15) is 31.9 Å². The Bertz CT molecular complexity index is 1100. The van der Waals surface area contributed by atoms with Gasteiger partial charge in [-0.15, -0.1) is 0 Å². The maximum Gasteiger partial charge on any atom is 0.340 e.